The predicted octanol–water partition coefficient (Wildman–Crippen LogP) is 3.79. The van der Waals surface area contributed by atoms with Crippen molar-refractivity contribution >= 4 is 17.3 Å². The van der Waals surface area contributed by atoms with Gasteiger partial charge in [0.25, 0.3) is 0 Å². The van der Waals surface area contributed by atoms with Crippen molar-refractivity contribution in [2.45, 2.75) is 32.2 Å². The number of hydrogen-bond donors (Lipinski definition) is 2. The first-order valence-electron chi connectivity index (χ1n) is 7.39. The van der Waals surface area contributed by atoms with Crippen LogP contribution >= 0.6 is 0 Å². The predicted molar refractivity (Wildman–Crippen MR) is 86.7 cm³/mol. The summed E-state index contributed by atoms with van der Waals surface area (Å²) < 4.78 is 0. The van der Waals surface area contributed by atoms with Crippen LogP contribution in [0.4, 0.5) is 11.4 Å². The second kappa shape index (κ2) is 5.60. The molecule has 0 saturated carbocycles. The Hall–Kier alpha value is -2.29. The van der Waals surface area contributed by atoms with E-state index in [1.54, 1.807) is 0 Å². The van der Waals surface area contributed by atoms with Crippen LogP contribution in [-0.4, -0.2) is 11.9 Å². The molecule has 2 aromatic rings. The Labute approximate surface area is 125 Å². The van der Waals surface area contributed by atoms with Gasteiger partial charge in [-0.15, -0.1) is 0 Å². The molecule has 1 aliphatic heterocycles. The number of anilines is 2. The van der Waals surface area contributed by atoms with Crippen molar-refractivity contribution < 1.29 is 4.79 Å². The van der Waals surface area contributed by atoms with E-state index in [4.69, 9.17) is 0 Å². The summed E-state index contributed by atoms with van der Waals surface area (Å²) in [5.41, 5.74) is 4.39. The fourth-order valence-electron chi connectivity index (χ4n) is 2.64. The van der Waals surface area contributed by atoms with E-state index in [9.17, 15) is 4.79 Å². The molecule has 2 aromatic carbocycles. The van der Waals surface area contributed by atoms with Gasteiger partial charge in [0, 0.05) is 17.8 Å². The van der Waals surface area contributed by atoms with Crippen LogP contribution in [0, 0.1) is 0 Å². The number of rotatable bonds is 3. The number of carbonyl (C=O) groups excluding carboxylic acids is 1. The van der Waals surface area contributed by atoms with E-state index < -0.39 is 0 Å². The number of amides is 1. The van der Waals surface area contributed by atoms with Crippen molar-refractivity contribution in [3.63, 3.8) is 0 Å². The second-order valence-electron chi connectivity index (χ2n) is 5.82. The Balaban J connectivity index is 1.65. The standard InChI is InChI=1S/C18H20N2O/c1-12(2)13-7-9-15(10-8-13)19-18(21)17-11-14-5-3-4-6-16(14)20-17/h3-10,12,17,20H,11H2,1-2H3,(H,19,21)/t17-/m0/s1. The lowest BCUT2D eigenvalue weighted by atomic mass is 10.0. The van der Waals surface area contributed by atoms with Crippen LogP contribution in [0.25, 0.3) is 0 Å². The Kier molecular flexibility index (Phi) is 3.65. The number of benzene rings is 2. The summed E-state index contributed by atoms with van der Waals surface area (Å²) in [7, 11) is 0. The normalized spacial score (nSPS) is 16.4. The molecule has 1 aliphatic rings. The molecule has 0 fully saturated rings. The smallest absolute Gasteiger partial charge is 0.247 e. The van der Waals surface area contributed by atoms with Gasteiger partial charge in [-0.05, 0) is 35.2 Å². The molecule has 0 radical (unpaired) electrons. The van der Waals surface area contributed by atoms with Gasteiger partial charge in [-0.3, -0.25) is 4.79 Å². The molecule has 0 saturated heterocycles. The van der Waals surface area contributed by atoms with Crippen LogP contribution in [0.2, 0.25) is 0 Å². The molecule has 0 aliphatic carbocycles. The highest BCUT2D eigenvalue weighted by molar-refractivity contribution is 5.98. The highest BCUT2D eigenvalue weighted by Crippen LogP contribution is 2.26. The van der Waals surface area contributed by atoms with E-state index in [2.05, 4.69) is 42.7 Å². The molecule has 0 bridgehead atoms. The first-order chi connectivity index (χ1) is 10.1. The van der Waals surface area contributed by atoms with E-state index in [1.807, 2.05) is 30.3 Å². The molecule has 0 spiro atoms. The van der Waals surface area contributed by atoms with Gasteiger partial charge in [-0.2, -0.15) is 0 Å². The van der Waals surface area contributed by atoms with E-state index in [0.717, 1.165) is 17.8 Å². The summed E-state index contributed by atoms with van der Waals surface area (Å²) in [5, 5.41) is 6.26. The summed E-state index contributed by atoms with van der Waals surface area (Å²) in [6.45, 7) is 4.32. The molecule has 1 heterocycles. The summed E-state index contributed by atoms with van der Waals surface area (Å²) in [5.74, 6) is 0.518. The lowest BCUT2D eigenvalue weighted by Gasteiger charge is -2.13. The van der Waals surface area contributed by atoms with Crippen LogP contribution in [-0.2, 0) is 11.2 Å². The molecule has 3 rings (SSSR count). The summed E-state index contributed by atoms with van der Waals surface area (Å²) >= 11 is 0. The third kappa shape index (κ3) is 2.92. The van der Waals surface area contributed by atoms with Crippen LogP contribution < -0.4 is 10.6 Å². The Morgan fingerprint density at radius 1 is 1.14 bits per heavy atom. The van der Waals surface area contributed by atoms with Gasteiger partial charge in [-0.1, -0.05) is 44.2 Å². The van der Waals surface area contributed by atoms with Gasteiger partial charge in [0.15, 0.2) is 0 Å². The van der Waals surface area contributed by atoms with Crippen LogP contribution in [0.3, 0.4) is 0 Å². The maximum absolute atomic E-state index is 12.3. The Bertz CT molecular complexity index is 622. The number of carbonyl (C=O) groups is 1. The van der Waals surface area contributed by atoms with Crippen LogP contribution in [0.5, 0.6) is 0 Å². The molecule has 3 heteroatoms. The summed E-state index contributed by atoms with van der Waals surface area (Å²) in [6.07, 6.45) is 0.742. The maximum atomic E-state index is 12.3. The van der Waals surface area contributed by atoms with Crippen molar-refractivity contribution in [1.29, 1.82) is 0 Å². The minimum Gasteiger partial charge on any atom is -0.373 e. The van der Waals surface area contributed by atoms with E-state index in [-0.39, 0.29) is 11.9 Å². The molecule has 0 unspecified atom stereocenters. The van der Waals surface area contributed by atoms with Gasteiger partial charge in [0.2, 0.25) is 5.91 Å². The zero-order valence-corrected chi connectivity index (χ0v) is 12.4. The van der Waals surface area contributed by atoms with Crippen LogP contribution in [0.1, 0.15) is 30.9 Å². The second-order valence-corrected chi connectivity index (χ2v) is 5.82. The molecular formula is C18H20N2O. The van der Waals surface area contributed by atoms with Crippen molar-refractivity contribution in [1.82, 2.24) is 0 Å². The third-order valence-corrected chi connectivity index (χ3v) is 3.93. The highest BCUT2D eigenvalue weighted by atomic mass is 16.2. The van der Waals surface area contributed by atoms with Gasteiger partial charge in [-0.25, -0.2) is 0 Å². The third-order valence-electron chi connectivity index (χ3n) is 3.93. The first-order valence-corrected chi connectivity index (χ1v) is 7.39. The molecule has 108 valence electrons. The molecule has 2 N–H and O–H groups in total. The average molecular weight is 280 g/mol. The summed E-state index contributed by atoms with van der Waals surface area (Å²) in [4.78, 5) is 12.3. The van der Waals surface area contributed by atoms with Gasteiger partial charge in [0.1, 0.15) is 6.04 Å². The fourth-order valence-corrected chi connectivity index (χ4v) is 2.64. The number of hydrogen-bond acceptors (Lipinski definition) is 2. The summed E-state index contributed by atoms with van der Waals surface area (Å²) in [6, 6.07) is 15.9. The quantitative estimate of drug-likeness (QED) is 0.898. The van der Waals surface area contributed by atoms with Crippen molar-refractivity contribution in [3.05, 3.63) is 59.7 Å². The minimum atomic E-state index is -0.188. The lowest BCUT2D eigenvalue weighted by Crippen LogP contribution is -2.32. The van der Waals surface area contributed by atoms with E-state index in [0.29, 0.717) is 5.92 Å². The SMILES string of the molecule is CC(C)c1ccc(NC(=O)[C@@H]2Cc3ccccc3N2)cc1. The minimum absolute atomic E-state index is 0.0171. The molecule has 1 atom stereocenters. The van der Waals surface area contributed by atoms with Crippen molar-refractivity contribution in [3.8, 4) is 0 Å². The maximum Gasteiger partial charge on any atom is 0.247 e. The Morgan fingerprint density at radius 2 is 1.86 bits per heavy atom. The van der Waals surface area contributed by atoms with Crippen LogP contribution in [0.15, 0.2) is 48.5 Å². The largest absolute Gasteiger partial charge is 0.373 e. The molecule has 0 aromatic heterocycles. The van der Waals surface area contributed by atoms with Crippen molar-refractivity contribution in [2.75, 3.05) is 10.6 Å². The molecule has 3 nitrogen and oxygen atoms in total. The number of para-hydroxylation sites is 1. The van der Waals surface area contributed by atoms with Gasteiger partial charge >= 0.3 is 0 Å². The topological polar surface area (TPSA) is 41.1 Å². The Morgan fingerprint density at radius 3 is 2.52 bits per heavy atom. The molecule has 21 heavy (non-hydrogen) atoms. The number of fused-ring (bicyclic) bond motifs is 1. The first kappa shape index (κ1) is 13.7. The number of nitrogens with one attached hydrogen (secondary N) is 2. The fraction of sp³-hybridized carbons (Fsp3) is 0.278. The van der Waals surface area contributed by atoms with Gasteiger partial charge in [0.05, 0.1) is 0 Å². The molecule has 1 amide bonds. The van der Waals surface area contributed by atoms with Gasteiger partial charge < -0.3 is 10.6 Å². The van der Waals surface area contributed by atoms with E-state index in [1.165, 1.54) is 11.1 Å². The van der Waals surface area contributed by atoms with E-state index >= 15 is 0 Å². The lowest BCUT2D eigenvalue weighted by molar-refractivity contribution is -0.116. The average Bonchev–Trinajstić information content (AvgIpc) is 2.92. The monoisotopic (exact) mass is 280 g/mol. The zero-order valence-electron chi connectivity index (χ0n) is 12.4. The molecular weight excluding hydrogens is 260 g/mol. The zero-order chi connectivity index (χ0) is 14.8. The highest BCUT2D eigenvalue weighted by Gasteiger charge is 2.26. The van der Waals surface area contributed by atoms with Crippen molar-refractivity contribution in [2.24, 2.45) is 0 Å².